The fourth-order valence-corrected chi connectivity index (χ4v) is 3.68. The molecule has 0 unspecified atom stereocenters. The van der Waals surface area contributed by atoms with Crippen molar-refractivity contribution in [2.45, 2.75) is 24.5 Å². The van der Waals surface area contributed by atoms with Gasteiger partial charge in [-0.1, -0.05) is 11.8 Å². The van der Waals surface area contributed by atoms with E-state index in [9.17, 15) is 9.18 Å². The lowest BCUT2D eigenvalue weighted by Gasteiger charge is -2.17. The molecule has 7 nitrogen and oxygen atoms in total. The zero-order valence-electron chi connectivity index (χ0n) is 15.6. The fraction of sp³-hybridized carbons (Fsp3) is 0.368. The number of amides is 1. The van der Waals surface area contributed by atoms with Gasteiger partial charge in [-0.2, -0.15) is 5.10 Å². The van der Waals surface area contributed by atoms with E-state index in [1.165, 1.54) is 48.9 Å². The lowest BCUT2D eigenvalue weighted by molar-refractivity contribution is 0.0952. The maximum Gasteiger partial charge on any atom is 0.251 e. The number of thioether (sulfide) groups is 1. The van der Waals surface area contributed by atoms with Gasteiger partial charge in [0.15, 0.2) is 10.8 Å². The Hall–Kier alpha value is -2.68. The first-order valence-electron chi connectivity index (χ1n) is 9.22. The maximum absolute atomic E-state index is 13.0. The minimum Gasteiger partial charge on any atom is -0.356 e. The number of nitrogens with one attached hydrogen (secondary N) is 1. The topological polar surface area (TPSA) is 75.9 Å². The molecule has 3 heterocycles. The summed E-state index contributed by atoms with van der Waals surface area (Å²) in [6.07, 6.45) is 6.10. The van der Waals surface area contributed by atoms with Crippen molar-refractivity contribution in [1.82, 2.24) is 25.1 Å². The Balaban J connectivity index is 1.50. The number of aromatic nitrogens is 4. The largest absolute Gasteiger partial charge is 0.356 e. The van der Waals surface area contributed by atoms with E-state index < -0.39 is 0 Å². The van der Waals surface area contributed by atoms with Crippen LogP contribution < -0.4 is 10.2 Å². The molecule has 1 aliphatic heterocycles. The highest BCUT2D eigenvalue weighted by atomic mass is 32.2. The molecule has 1 aromatic carbocycles. The van der Waals surface area contributed by atoms with E-state index >= 15 is 0 Å². The molecule has 1 fully saturated rings. The Kier molecular flexibility index (Phi) is 5.43. The van der Waals surface area contributed by atoms with Gasteiger partial charge in [-0.15, -0.1) is 0 Å². The van der Waals surface area contributed by atoms with Crippen molar-refractivity contribution in [1.29, 1.82) is 0 Å². The van der Waals surface area contributed by atoms with Crippen molar-refractivity contribution in [2.24, 2.45) is 0 Å². The first kappa shape index (κ1) is 18.7. The van der Waals surface area contributed by atoms with Crippen LogP contribution in [-0.4, -0.2) is 51.5 Å². The average molecular weight is 400 g/mol. The van der Waals surface area contributed by atoms with Gasteiger partial charge in [0, 0.05) is 25.2 Å². The van der Waals surface area contributed by atoms with Crippen LogP contribution in [0.15, 0.2) is 35.6 Å². The summed E-state index contributed by atoms with van der Waals surface area (Å²) in [5.74, 6) is 0.333. The maximum atomic E-state index is 13.0. The predicted octanol–water partition coefficient (Wildman–Crippen LogP) is 2.72. The van der Waals surface area contributed by atoms with Crippen molar-refractivity contribution < 1.29 is 9.18 Å². The Morgan fingerprint density at radius 1 is 1.21 bits per heavy atom. The number of rotatable bonds is 6. The second kappa shape index (κ2) is 8.14. The summed E-state index contributed by atoms with van der Waals surface area (Å²) in [4.78, 5) is 23.8. The second-order valence-electron chi connectivity index (χ2n) is 6.60. The molecule has 2 aromatic heterocycles. The highest BCUT2D eigenvalue weighted by molar-refractivity contribution is 7.98. The summed E-state index contributed by atoms with van der Waals surface area (Å²) in [5.41, 5.74) is 1.20. The van der Waals surface area contributed by atoms with Crippen LogP contribution in [0.3, 0.4) is 0 Å². The molecule has 0 spiro atoms. The minimum absolute atomic E-state index is 0.242. The molecule has 0 radical (unpaired) electrons. The van der Waals surface area contributed by atoms with E-state index in [2.05, 4.69) is 20.3 Å². The highest BCUT2D eigenvalue weighted by Gasteiger charge is 2.20. The molecule has 1 aliphatic rings. The average Bonchev–Trinajstić information content (AvgIpc) is 3.38. The van der Waals surface area contributed by atoms with E-state index in [1.807, 2.05) is 6.26 Å². The van der Waals surface area contributed by atoms with E-state index in [1.54, 1.807) is 10.9 Å². The molecular weight excluding hydrogens is 379 g/mol. The van der Waals surface area contributed by atoms with Crippen LogP contribution in [0.2, 0.25) is 0 Å². The van der Waals surface area contributed by atoms with E-state index in [-0.39, 0.29) is 11.7 Å². The third kappa shape index (κ3) is 3.80. The van der Waals surface area contributed by atoms with Gasteiger partial charge in [-0.3, -0.25) is 4.79 Å². The summed E-state index contributed by atoms with van der Waals surface area (Å²) >= 11 is 1.51. The van der Waals surface area contributed by atoms with Crippen molar-refractivity contribution in [2.75, 3.05) is 30.8 Å². The van der Waals surface area contributed by atoms with E-state index in [0.29, 0.717) is 23.8 Å². The number of hydrogen-bond acceptors (Lipinski definition) is 6. The summed E-state index contributed by atoms with van der Waals surface area (Å²) in [6.45, 7) is 2.88. The Bertz CT molecular complexity index is 984. The van der Waals surface area contributed by atoms with Crippen molar-refractivity contribution >= 4 is 34.5 Å². The third-order valence-corrected chi connectivity index (χ3v) is 5.31. The Morgan fingerprint density at radius 3 is 2.68 bits per heavy atom. The number of fused-ring (bicyclic) bond motifs is 1. The van der Waals surface area contributed by atoms with Gasteiger partial charge in [0.05, 0.1) is 18.1 Å². The van der Waals surface area contributed by atoms with Crippen LogP contribution in [-0.2, 0) is 6.54 Å². The number of hydrogen-bond donors (Lipinski definition) is 1. The van der Waals surface area contributed by atoms with E-state index in [4.69, 9.17) is 4.98 Å². The quantitative estimate of drug-likeness (QED) is 0.507. The van der Waals surface area contributed by atoms with E-state index in [0.717, 1.165) is 29.9 Å². The van der Waals surface area contributed by atoms with Crippen LogP contribution in [0.1, 0.15) is 23.2 Å². The molecule has 0 bridgehead atoms. The van der Waals surface area contributed by atoms with Gasteiger partial charge in [-0.25, -0.2) is 19.0 Å². The minimum atomic E-state index is -0.363. The van der Waals surface area contributed by atoms with Gasteiger partial charge in [-0.05, 0) is 43.4 Å². The number of carbonyl (C=O) groups excluding carboxylic acids is 1. The SMILES string of the molecule is CSc1nc(N2CCCC2)c2cnn(CCNC(=O)c3ccc(F)cc3)c2n1. The number of anilines is 1. The molecule has 3 aromatic rings. The molecule has 1 amide bonds. The lowest BCUT2D eigenvalue weighted by atomic mass is 10.2. The molecule has 9 heteroatoms. The summed E-state index contributed by atoms with van der Waals surface area (Å²) in [6, 6.07) is 5.48. The third-order valence-electron chi connectivity index (χ3n) is 4.76. The Labute approximate surface area is 166 Å². The molecular formula is C19H21FN6OS. The standard InChI is InChI=1S/C19H21FN6OS/c1-28-19-23-16(25-9-2-3-10-25)15-12-22-26(17(15)24-19)11-8-21-18(27)13-4-6-14(20)7-5-13/h4-7,12H,2-3,8-11H2,1H3,(H,21,27). The molecule has 28 heavy (non-hydrogen) atoms. The first-order chi connectivity index (χ1) is 13.7. The summed E-state index contributed by atoms with van der Waals surface area (Å²) in [7, 11) is 0. The van der Waals surface area contributed by atoms with Crippen molar-refractivity contribution in [3.8, 4) is 0 Å². The smallest absolute Gasteiger partial charge is 0.251 e. The Morgan fingerprint density at radius 2 is 1.96 bits per heavy atom. The van der Waals surface area contributed by atoms with Crippen LogP contribution in [0.4, 0.5) is 10.2 Å². The second-order valence-corrected chi connectivity index (χ2v) is 7.37. The number of halogens is 1. The molecule has 1 saturated heterocycles. The van der Waals surface area contributed by atoms with Crippen molar-refractivity contribution in [3.05, 3.63) is 41.8 Å². The van der Waals surface area contributed by atoms with Crippen LogP contribution >= 0.6 is 11.8 Å². The molecule has 146 valence electrons. The fourth-order valence-electron chi connectivity index (χ4n) is 3.32. The number of nitrogens with zero attached hydrogens (tertiary/aromatic N) is 5. The highest BCUT2D eigenvalue weighted by Crippen LogP contribution is 2.28. The van der Waals surface area contributed by atoms with Gasteiger partial charge < -0.3 is 10.2 Å². The van der Waals surface area contributed by atoms with Crippen LogP contribution in [0, 0.1) is 5.82 Å². The molecule has 0 atom stereocenters. The lowest BCUT2D eigenvalue weighted by Crippen LogP contribution is -2.27. The molecule has 1 N–H and O–H groups in total. The van der Waals surface area contributed by atoms with Crippen molar-refractivity contribution in [3.63, 3.8) is 0 Å². The van der Waals surface area contributed by atoms with Crippen LogP contribution in [0.5, 0.6) is 0 Å². The summed E-state index contributed by atoms with van der Waals surface area (Å²) in [5, 5.41) is 8.95. The van der Waals surface area contributed by atoms with Gasteiger partial charge in [0.1, 0.15) is 11.6 Å². The monoisotopic (exact) mass is 400 g/mol. The molecule has 0 saturated carbocycles. The van der Waals surface area contributed by atoms with Gasteiger partial charge in [0.25, 0.3) is 5.91 Å². The predicted molar refractivity (Wildman–Crippen MR) is 107 cm³/mol. The normalized spacial score (nSPS) is 14.0. The van der Waals surface area contributed by atoms with Crippen LogP contribution in [0.25, 0.3) is 11.0 Å². The van der Waals surface area contributed by atoms with Gasteiger partial charge >= 0.3 is 0 Å². The number of carbonyl (C=O) groups is 1. The summed E-state index contributed by atoms with van der Waals surface area (Å²) < 4.78 is 14.8. The zero-order chi connectivity index (χ0) is 19.5. The zero-order valence-corrected chi connectivity index (χ0v) is 16.4. The first-order valence-corrected chi connectivity index (χ1v) is 10.4. The van der Waals surface area contributed by atoms with Gasteiger partial charge in [0.2, 0.25) is 0 Å². The number of benzene rings is 1. The molecule has 0 aliphatic carbocycles. The molecule has 4 rings (SSSR count).